The van der Waals surface area contributed by atoms with Gasteiger partial charge < -0.3 is 9.84 Å². The van der Waals surface area contributed by atoms with Gasteiger partial charge in [-0.3, -0.25) is 9.69 Å². The minimum absolute atomic E-state index is 0.118. The zero-order valence-electron chi connectivity index (χ0n) is 15.3. The summed E-state index contributed by atoms with van der Waals surface area (Å²) < 4.78 is 6.72. The van der Waals surface area contributed by atoms with Gasteiger partial charge in [0.1, 0.15) is 5.75 Å². The number of piperidine rings is 1. The lowest BCUT2D eigenvalue weighted by Gasteiger charge is -2.36. The molecule has 0 bridgehead atoms. The van der Waals surface area contributed by atoms with E-state index in [4.69, 9.17) is 4.74 Å². The van der Waals surface area contributed by atoms with Gasteiger partial charge in [-0.05, 0) is 61.1 Å². The average molecular weight is 381 g/mol. The lowest BCUT2D eigenvalue weighted by Crippen LogP contribution is -2.39. The molecule has 5 heteroatoms. The average Bonchev–Trinajstić information content (AvgIpc) is 3.12. The Morgan fingerprint density at radius 1 is 1.15 bits per heavy atom. The number of carboxylic acid groups (broad SMARTS) is 1. The van der Waals surface area contributed by atoms with Crippen LogP contribution >= 0.6 is 11.3 Å². The van der Waals surface area contributed by atoms with Crippen LogP contribution in [0.5, 0.6) is 5.75 Å². The summed E-state index contributed by atoms with van der Waals surface area (Å²) >= 11 is 1.82. The summed E-state index contributed by atoms with van der Waals surface area (Å²) in [4.78, 5) is 15.0. The van der Waals surface area contributed by atoms with E-state index in [1.165, 1.54) is 20.5 Å². The maximum absolute atomic E-state index is 11.3. The number of fused-ring (bicyclic) bond motifs is 1. The van der Waals surface area contributed by atoms with E-state index in [1.807, 2.05) is 23.5 Å². The Kier molecular flexibility index (Phi) is 5.14. The topological polar surface area (TPSA) is 49.8 Å². The number of aliphatic carboxylic acids is 1. The molecule has 1 aliphatic heterocycles. The predicted molar refractivity (Wildman–Crippen MR) is 109 cm³/mol. The maximum atomic E-state index is 11.3. The largest absolute Gasteiger partial charge is 0.497 e. The number of hydrogen-bond donors (Lipinski definition) is 1. The highest BCUT2D eigenvalue weighted by Gasteiger charge is 2.31. The minimum Gasteiger partial charge on any atom is -0.497 e. The summed E-state index contributed by atoms with van der Waals surface area (Å²) in [6, 6.07) is 19.1. The van der Waals surface area contributed by atoms with Gasteiger partial charge in [-0.2, -0.15) is 0 Å². The summed E-state index contributed by atoms with van der Waals surface area (Å²) in [6.07, 6.45) is 1.39. The monoisotopic (exact) mass is 381 g/mol. The summed E-state index contributed by atoms with van der Waals surface area (Å²) in [5.41, 5.74) is 1.19. The number of ether oxygens (including phenoxy) is 1. The first kappa shape index (κ1) is 18.0. The quantitative estimate of drug-likeness (QED) is 0.690. The third-order valence-electron chi connectivity index (χ3n) is 5.37. The van der Waals surface area contributed by atoms with Crippen LogP contribution in [0.25, 0.3) is 10.1 Å². The van der Waals surface area contributed by atoms with Crippen molar-refractivity contribution < 1.29 is 14.6 Å². The van der Waals surface area contributed by atoms with Crippen molar-refractivity contribution in [3.63, 3.8) is 0 Å². The van der Waals surface area contributed by atoms with Gasteiger partial charge in [0.25, 0.3) is 0 Å². The molecule has 0 spiro atoms. The SMILES string of the molecule is COc1cccc(C(c2cc3ccccc3s2)N2CCC(C(=O)O)CC2)c1. The zero-order chi connectivity index (χ0) is 18.8. The minimum atomic E-state index is -0.672. The first-order valence-electron chi connectivity index (χ1n) is 9.25. The van der Waals surface area contributed by atoms with Crippen LogP contribution in [0.2, 0.25) is 0 Å². The molecule has 1 atom stereocenters. The fraction of sp³-hybridized carbons (Fsp3) is 0.318. The molecule has 1 saturated heterocycles. The lowest BCUT2D eigenvalue weighted by molar-refractivity contribution is -0.143. The van der Waals surface area contributed by atoms with Crippen LogP contribution in [0.4, 0.5) is 0 Å². The summed E-state index contributed by atoms with van der Waals surface area (Å²) in [5.74, 6) is -0.0527. The summed E-state index contributed by atoms with van der Waals surface area (Å²) in [6.45, 7) is 1.57. The smallest absolute Gasteiger partial charge is 0.306 e. The zero-order valence-corrected chi connectivity index (χ0v) is 16.1. The van der Waals surface area contributed by atoms with Crippen molar-refractivity contribution in [2.45, 2.75) is 18.9 Å². The van der Waals surface area contributed by atoms with Crippen LogP contribution < -0.4 is 4.74 Å². The molecule has 0 radical (unpaired) electrons. The number of carboxylic acids is 1. The molecule has 1 aromatic heterocycles. The van der Waals surface area contributed by atoms with E-state index >= 15 is 0 Å². The van der Waals surface area contributed by atoms with Gasteiger partial charge >= 0.3 is 5.97 Å². The predicted octanol–water partition coefficient (Wildman–Crippen LogP) is 4.80. The van der Waals surface area contributed by atoms with E-state index in [0.717, 1.165) is 18.8 Å². The Hall–Kier alpha value is -2.37. The van der Waals surface area contributed by atoms with Gasteiger partial charge in [0.2, 0.25) is 0 Å². The number of likely N-dealkylation sites (tertiary alicyclic amines) is 1. The molecule has 1 aliphatic rings. The highest BCUT2D eigenvalue weighted by atomic mass is 32.1. The molecule has 0 aliphatic carbocycles. The molecule has 27 heavy (non-hydrogen) atoms. The molecule has 2 aromatic carbocycles. The second kappa shape index (κ2) is 7.71. The van der Waals surface area contributed by atoms with E-state index in [2.05, 4.69) is 47.4 Å². The highest BCUT2D eigenvalue weighted by molar-refractivity contribution is 7.19. The normalized spacial score (nSPS) is 17.1. The first-order valence-corrected chi connectivity index (χ1v) is 10.1. The molecular weight excluding hydrogens is 358 g/mol. The van der Waals surface area contributed by atoms with Crippen molar-refractivity contribution in [3.8, 4) is 5.75 Å². The molecule has 2 heterocycles. The lowest BCUT2D eigenvalue weighted by atomic mass is 9.93. The summed E-state index contributed by atoms with van der Waals surface area (Å²) in [5, 5.41) is 10.6. The molecule has 0 amide bonds. The number of benzene rings is 2. The number of thiophene rings is 1. The number of hydrogen-bond acceptors (Lipinski definition) is 4. The second-order valence-corrected chi connectivity index (χ2v) is 8.13. The van der Waals surface area contributed by atoms with Crippen molar-refractivity contribution >= 4 is 27.4 Å². The van der Waals surface area contributed by atoms with E-state index in [1.54, 1.807) is 7.11 Å². The Morgan fingerprint density at radius 2 is 1.93 bits per heavy atom. The molecule has 4 rings (SSSR count). The summed E-state index contributed by atoms with van der Waals surface area (Å²) in [7, 11) is 1.69. The highest BCUT2D eigenvalue weighted by Crippen LogP contribution is 2.39. The van der Waals surface area contributed by atoms with Crippen LogP contribution in [0.15, 0.2) is 54.6 Å². The number of carbonyl (C=O) groups is 1. The Morgan fingerprint density at radius 3 is 2.63 bits per heavy atom. The molecule has 4 nitrogen and oxygen atoms in total. The van der Waals surface area contributed by atoms with Crippen molar-refractivity contribution in [1.82, 2.24) is 4.90 Å². The molecular formula is C22H23NO3S. The fourth-order valence-electron chi connectivity index (χ4n) is 3.91. The van der Waals surface area contributed by atoms with Gasteiger partial charge in [0.15, 0.2) is 0 Å². The first-order chi connectivity index (χ1) is 13.2. The third kappa shape index (κ3) is 3.70. The van der Waals surface area contributed by atoms with Gasteiger partial charge in [0, 0.05) is 9.58 Å². The number of rotatable bonds is 5. The fourth-order valence-corrected chi connectivity index (χ4v) is 5.14. The number of methoxy groups -OCH3 is 1. The van der Waals surface area contributed by atoms with Crippen LogP contribution in [-0.4, -0.2) is 36.2 Å². The van der Waals surface area contributed by atoms with E-state index < -0.39 is 5.97 Å². The third-order valence-corrected chi connectivity index (χ3v) is 6.54. The van der Waals surface area contributed by atoms with E-state index in [0.29, 0.717) is 12.8 Å². The van der Waals surface area contributed by atoms with Crippen LogP contribution in [0, 0.1) is 5.92 Å². The molecule has 1 N–H and O–H groups in total. The second-order valence-electron chi connectivity index (χ2n) is 7.01. The Labute approximate surface area is 163 Å². The molecule has 1 unspecified atom stereocenters. The van der Waals surface area contributed by atoms with Gasteiger partial charge in [-0.1, -0.05) is 30.3 Å². The molecule has 3 aromatic rings. The van der Waals surface area contributed by atoms with Crippen LogP contribution in [-0.2, 0) is 4.79 Å². The number of nitrogens with zero attached hydrogens (tertiary/aromatic N) is 1. The molecule has 140 valence electrons. The Bertz CT molecular complexity index is 910. The van der Waals surface area contributed by atoms with Gasteiger partial charge in [0.05, 0.1) is 19.1 Å². The molecule has 1 fully saturated rings. The van der Waals surface area contributed by atoms with Crippen LogP contribution in [0.3, 0.4) is 0 Å². The van der Waals surface area contributed by atoms with Crippen molar-refractivity contribution in [2.75, 3.05) is 20.2 Å². The van der Waals surface area contributed by atoms with Crippen molar-refractivity contribution in [2.24, 2.45) is 5.92 Å². The molecule has 0 saturated carbocycles. The van der Waals surface area contributed by atoms with Gasteiger partial charge in [-0.25, -0.2) is 0 Å². The van der Waals surface area contributed by atoms with E-state index in [9.17, 15) is 9.90 Å². The maximum Gasteiger partial charge on any atom is 0.306 e. The van der Waals surface area contributed by atoms with E-state index in [-0.39, 0.29) is 12.0 Å². The standard InChI is InChI=1S/C22H23NO3S/c1-26-18-7-4-6-17(13-18)21(23-11-9-15(10-12-23)22(24)25)20-14-16-5-2-3-8-19(16)27-20/h2-8,13-15,21H,9-12H2,1H3,(H,24,25). The van der Waals surface area contributed by atoms with Gasteiger partial charge in [-0.15, -0.1) is 11.3 Å². The van der Waals surface area contributed by atoms with Crippen molar-refractivity contribution in [3.05, 3.63) is 65.0 Å². The Balaban J connectivity index is 1.72. The van der Waals surface area contributed by atoms with Crippen molar-refractivity contribution in [1.29, 1.82) is 0 Å². The van der Waals surface area contributed by atoms with Crippen LogP contribution in [0.1, 0.15) is 29.3 Å².